The van der Waals surface area contributed by atoms with Gasteiger partial charge in [0.1, 0.15) is 0 Å². The van der Waals surface area contributed by atoms with E-state index in [2.05, 4.69) is 44.4 Å². The van der Waals surface area contributed by atoms with Crippen LogP contribution in [0.4, 0.5) is 17.3 Å². The summed E-state index contributed by atoms with van der Waals surface area (Å²) in [6, 6.07) is 23.1. The van der Waals surface area contributed by atoms with Crippen molar-refractivity contribution in [2.45, 2.75) is 13.0 Å². The van der Waals surface area contributed by atoms with Gasteiger partial charge in [0.25, 0.3) is 5.91 Å². The molecule has 6 nitrogen and oxygen atoms in total. The molecule has 1 aliphatic heterocycles. The summed E-state index contributed by atoms with van der Waals surface area (Å²) in [6.45, 7) is 1.91. The van der Waals surface area contributed by atoms with Crippen LogP contribution in [0, 0.1) is 0 Å². The van der Waals surface area contributed by atoms with Crippen molar-refractivity contribution >= 4 is 45.9 Å². The summed E-state index contributed by atoms with van der Waals surface area (Å²) in [5.41, 5.74) is 5.86. The van der Waals surface area contributed by atoms with Gasteiger partial charge in [0, 0.05) is 25.5 Å². The quantitative estimate of drug-likeness (QED) is 0.413. The van der Waals surface area contributed by atoms with E-state index in [1.54, 1.807) is 12.1 Å². The molecule has 0 radical (unpaired) electrons. The lowest BCUT2D eigenvalue weighted by atomic mass is 9.94. The Morgan fingerprint density at radius 1 is 1.03 bits per heavy atom. The van der Waals surface area contributed by atoms with E-state index in [1.807, 2.05) is 57.4 Å². The van der Waals surface area contributed by atoms with Gasteiger partial charge in [-0.25, -0.2) is 4.98 Å². The van der Waals surface area contributed by atoms with E-state index in [-0.39, 0.29) is 11.9 Å². The van der Waals surface area contributed by atoms with Gasteiger partial charge in [0.05, 0.1) is 33.4 Å². The zero-order valence-electron chi connectivity index (χ0n) is 18.6. The number of benzene rings is 3. The van der Waals surface area contributed by atoms with Crippen molar-refractivity contribution in [2.75, 3.05) is 29.6 Å². The Morgan fingerprint density at radius 3 is 2.45 bits per heavy atom. The zero-order valence-corrected chi connectivity index (χ0v) is 19.4. The van der Waals surface area contributed by atoms with Gasteiger partial charge in [-0.1, -0.05) is 48.0 Å². The second-order valence-electron chi connectivity index (χ2n) is 8.28. The van der Waals surface area contributed by atoms with E-state index < -0.39 is 0 Å². The molecule has 2 N–H and O–H groups in total. The maximum absolute atomic E-state index is 13.6. The van der Waals surface area contributed by atoms with E-state index in [0.29, 0.717) is 22.2 Å². The van der Waals surface area contributed by atoms with Crippen molar-refractivity contribution in [2.24, 2.45) is 0 Å². The lowest BCUT2D eigenvalue weighted by molar-refractivity contribution is -0.113. The Kier molecular flexibility index (Phi) is 5.30. The van der Waals surface area contributed by atoms with Crippen molar-refractivity contribution in [3.63, 3.8) is 0 Å². The topological polar surface area (TPSA) is 62.2 Å². The number of nitrogens with one attached hydrogen (secondary N) is 2. The summed E-state index contributed by atoms with van der Waals surface area (Å²) < 4.78 is 2.09. The predicted molar refractivity (Wildman–Crippen MR) is 135 cm³/mol. The number of nitrogens with zero attached hydrogens (tertiary/aromatic N) is 3. The van der Waals surface area contributed by atoms with Crippen LogP contribution in [-0.4, -0.2) is 29.6 Å². The van der Waals surface area contributed by atoms with Crippen molar-refractivity contribution in [1.82, 2.24) is 9.55 Å². The monoisotopic (exact) mass is 457 g/mol. The van der Waals surface area contributed by atoms with Crippen LogP contribution in [0.25, 0.3) is 11.0 Å². The molecule has 2 heterocycles. The number of carbonyl (C=O) groups is 1. The molecule has 166 valence electrons. The van der Waals surface area contributed by atoms with Gasteiger partial charge in [-0.15, -0.1) is 0 Å². The van der Waals surface area contributed by atoms with E-state index in [4.69, 9.17) is 16.6 Å². The Balaban J connectivity index is 1.66. The van der Waals surface area contributed by atoms with Crippen LogP contribution in [0.3, 0.4) is 0 Å². The van der Waals surface area contributed by atoms with E-state index in [1.165, 1.54) is 0 Å². The summed E-state index contributed by atoms with van der Waals surface area (Å²) in [5.74, 6) is 0.503. The standard InChI is InChI=1S/C26H24ClN5O/c1-16-23(25(33)29-20-9-5-4-8-19(20)27)24(17-12-14-18(15-13-17)31(2)3)32-22-11-7-6-10-21(22)30-26(32)28-16/h4-15,24H,1-3H3,(H,28,30)(H,29,33). The smallest absolute Gasteiger partial charge is 0.255 e. The fraction of sp³-hybridized carbons (Fsp3) is 0.154. The van der Waals surface area contributed by atoms with Crippen molar-refractivity contribution in [1.29, 1.82) is 0 Å². The molecule has 5 rings (SSSR count). The number of halogens is 1. The second-order valence-corrected chi connectivity index (χ2v) is 8.69. The minimum Gasteiger partial charge on any atom is -0.378 e. The predicted octanol–water partition coefficient (Wildman–Crippen LogP) is 5.68. The maximum Gasteiger partial charge on any atom is 0.255 e. The molecule has 1 amide bonds. The first kappa shape index (κ1) is 21.1. The number of para-hydroxylation sites is 3. The van der Waals surface area contributed by atoms with Crippen LogP contribution in [0.5, 0.6) is 0 Å². The van der Waals surface area contributed by atoms with E-state index in [9.17, 15) is 4.79 Å². The lowest BCUT2D eigenvalue weighted by Crippen LogP contribution is -2.31. The Labute approximate surface area is 197 Å². The molecule has 0 saturated carbocycles. The Hall–Kier alpha value is -3.77. The fourth-order valence-corrected chi connectivity index (χ4v) is 4.46. The molecule has 33 heavy (non-hydrogen) atoms. The second kappa shape index (κ2) is 8.30. The Morgan fingerprint density at radius 2 is 1.73 bits per heavy atom. The van der Waals surface area contributed by atoms with E-state index in [0.717, 1.165) is 28.0 Å². The lowest BCUT2D eigenvalue weighted by Gasteiger charge is -2.31. The molecule has 0 saturated heterocycles. The molecule has 3 aromatic carbocycles. The number of imidazole rings is 1. The van der Waals surface area contributed by atoms with Gasteiger partial charge < -0.3 is 15.5 Å². The molecular weight excluding hydrogens is 434 g/mol. The SMILES string of the molecule is CC1=C(C(=O)Nc2ccccc2Cl)C(c2ccc(N(C)C)cc2)n2c(nc3ccccc32)N1. The van der Waals surface area contributed by atoms with Crippen LogP contribution in [0.2, 0.25) is 5.02 Å². The largest absolute Gasteiger partial charge is 0.378 e. The third kappa shape index (κ3) is 3.72. The van der Waals surface area contributed by atoms with Crippen molar-refractivity contribution in [3.05, 3.63) is 94.7 Å². The van der Waals surface area contributed by atoms with Crippen LogP contribution in [0.1, 0.15) is 18.5 Å². The number of carbonyl (C=O) groups excluding carboxylic acids is 1. The van der Waals surface area contributed by atoms with Gasteiger partial charge in [-0.3, -0.25) is 9.36 Å². The number of hydrogen-bond donors (Lipinski definition) is 2. The zero-order chi connectivity index (χ0) is 23.1. The van der Waals surface area contributed by atoms with Crippen molar-refractivity contribution in [3.8, 4) is 0 Å². The molecule has 0 fully saturated rings. The number of rotatable bonds is 4. The molecule has 1 aromatic heterocycles. The molecule has 1 aliphatic rings. The molecule has 1 unspecified atom stereocenters. The van der Waals surface area contributed by atoms with Gasteiger partial charge >= 0.3 is 0 Å². The van der Waals surface area contributed by atoms with Crippen LogP contribution >= 0.6 is 11.6 Å². The molecule has 0 bridgehead atoms. The van der Waals surface area contributed by atoms with Gasteiger partial charge in [0.2, 0.25) is 5.95 Å². The van der Waals surface area contributed by atoms with Gasteiger partial charge in [-0.2, -0.15) is 0 Å². The summed E-state index contributed by atoms with van der Waals surface area (Å²) >= 11 is 6.32. The highest BCUT2D eigenvalue weighted by atomic mass is 35.5. The Bertz CT molecular complexity index is 1390. The van der Waals surface area contributed by atoms with Crippen LogP contribution in [-0.2, 0) is 4.79 Å². The fourth-order valence-electron chi connectivity index (χ4n) is 4.28. The number of anilines is 3. The summed E-state index contributed by atoms with van der Waals surface area (Å²) in [7, 11) is 4.01. The highest BCUT2D eigenvalue weighted by Crippen LogP contribution is 2.40. The molecule has 7 heteroatoms. The number of allylic oxidation sites excluding steroid dienone is 1. The van der Waals surface area contributed by atoms with Gasteiger partial charge in [-0.05, 0) is 48.9 Å². The third-order valence-electron chi connectivity index (χ3n) is 5.92. The average Bonchev–Trinajstić information content (AvgIpc) is 3.17. The summed E-state index contributed by atoms with van der Waals surface area (Å²) in [5, 5.41) is 6.83. The third-order valence-corrected chi connectivity index (χ3v) is 6.25. The normalized spacial score (nSPS) is 15.2. The molecule has 4 aromatic rings. The summed E-state index contributed by atoms with van der Waals surface area (Å²) in [4.78, 5) is 20.5. The minimum absolute atomic E-state index is 0.210. The number of amides is 1. The minimum atomic E-state index is -0.354. The van der Waals surface area contributed by atoms with Crippen molar-refractivity contribution < 1.29 is 4.79 Å². The number of fused-ring (bicyclic) bond motifs is 3. The van der Waals surface area contributed by atoms with Gasteiger partial charge in [0.15, 0.2) is 0 Å². The van der Waals surface area contributed by atoms with E-state index >= 15 is 0 Å². The first-order valence-corrected chi connectivity index (χ1v) is 11.1. The molecule has 0 aliphatic carbocycles. The average molecular weight is 458 g/mol. The highest BCUT2D eigenvalue weighted by molar-refractivity contribution is 6.33. The molecule has 1 atom stereocenters. The number of aromatic nitrogens is 2. The molecular formula is C26H24ClN5O. The maximum atomic E-state index is 13.6. The highest BCUT2D eigenvalue weighted by Gasteiger charge is 2.34. The van der Waals surface area contributed by atoms with Crippen LogP contribution < -0.4 is 15.5 Å². The summed E-state index contributed by atoms with van der Waals surface area (Å²) in [6.07, 6.45) is 0. The first-order chi connectivity index (χ1) is 15.9. The van der Waals surface area contributed by atoms with Crippen LogP contribution in [0.15, 0.2) is 84.1 Å². The number of hydrogen-bond acceptors (Lipinski definition) is 4. The first-order valence-electron chi connectivity index (χ1n) is 10.7. The molecule has 0 spiro atoms.